The van der Waals surface area contributed by atoms with Gasteiger partial charge in [0.2, 0.25) is 12.1 Å². The maximum atomic E-state index is 9.33. The van der Waals surface area contributed by atoms with E-state index in [-0.39, 0.29) is 12.2 Å². The Morgan fingerprint density at radius 2 is 1.82 bits per heavy atom. The van der Waals surface area contributed by atoms with Crippen LogP contribution in [0.5, 0.6) is 0 Å². The Labute approximate surface area is 65.7 Å². The lowest BCUT2D eigenvalue weighted by Gasteiger charge is -2.40. The van der Waals surface area contributed by atoms with E-state index >= 15 is 0 Å². The zero-order valence-electron chi connectivity index (χ0n) is 6.94. The van der Waals surface area contributed by atoms with E-state index in [1.807, 2.05) is 0 Å². The van der Waals surface area contributed by atoms with Gasteiger partial charge in [0.1, 0.15) is 0 Å². The van der Waals surface area contributed by atoms with Gasteiger partial charge in [0.15, 0.2) is 0 Å². The van der Waals surface area contributed by atoms with E-state index in [1.165, 1.54) is 6.92 Å². The van der Waals surface area contributed by atoms with E-state index in [1.54, 1.807) is 13.8 Å². The number of hydrogen-bond acceptors (Lipinski definition) is 4. The van der Waals surface area contributed by atoms with Gasteiger partial charge in [-0.2, -0.15) is 0 Å². The molecule has 1 heterocycles. The van der Waals surface area contributed by atoms with E-state index < -0.39 is 12.1 Å². The Kier molecular flexibility index (Phi) is 2.20. The van der Waals surface area contributed by atoms with Gasteiger partial charge in [-0.3, -0.25) is 0 Å². The molecule has 1 saturated heterocycles. The first-order chi connectivity index (χ1) is 4.93. The van der Waals surface area contributed by atoms with E-state index in [2.05, 4.69) is 0 Å². The minimum atomic E-state index is -1.58. The van der Waals surface area contributed by atoms with Crippen LogP contribution in [-0.2, 0) is 9.47 Å². The fourth-order valence-corrected chi connectivity index (χ4v) is 0.971. The average molecular weight is 162 g/mol. The molecule has 0 bridgehead atoms. The largest absolute Gasteiger partial charge is 0.364 e. The highest BCUT2D eigenvalue weighted by Gasteiger charge is 2.41. The zero-order valence-corrected chi connectivity index (χ0v) is 6.94. The van der Waals surface area contributed by atoms with Crippen LogP contribution in [0.25, 0.3) is 0 Å². The van der Waals surface area contributed by atoms with E-state index in [4.69, 9.17) is 14.6 Å². The molecule has 4 atom stereocenters. The van der Waals surface area contributed by atoms with E-state index in [0.717, 1.165) is 0 Å². The molecule has 2 N–H and O–H groups in total. The van der Waals surface area contributed by atoms with Gasteiger partial charge in [0, 0.05) is 0 Å². The van der Waals surface area contributed by atoms with Crippen LogP contribution >= 0.6 is 0 Å². The lowest BCUT2D eigenvalue weighted by molar-refractivity contribution is -0.385. The van der Waals surface area contributed by atoms with Crippen LogP contribution in [-0.4, -0.2) is 34.5 Å². The van der Waals surface area contributed by atoms with Crippen LogP contribution in [0.4, 0.5) is 0 Å². The highest BCUT2D eigenvalue weighted by atomic mass is 16.7. The van der Waals surface area contributed by atoms with Crippen LogP contribution in [0.2, 0.25) is 0 Å². The predicted molar refractivity (Wildman–Crippen MR) is 37.7 cm³/mol. The van der Waals surface area contributed by atoms with Crippen molar-refractivity contribution in [2.24, 2.45) is 0 Å². The molecule has 0 radical (unpaired) electrons. The van der Waals surface area contributed by atoms with E-state index in [0.29, 0.717) is 0 Å². The summed E-state index contributed by atoms with van der Waals surface area (Å²) < 4.78 is 10.1. The standard InChI is InChI=1S/C7H14O4/c1-4-5(2)11-7(3,9)6(8)10-4/h4-6,8-9H,1-3H3/t4-,5-,6-,7+/m0/s1. The van der Waals surface area contributed by atoms with Crippen molar-refractivity contribution in [1.29, 1.82) is 0 Å². The van der Waals surface area contributed by atoms with E-state index in [9.17, 15) is 5.11 Å². The summed E-state index contributed by atoms with van der Waals surface area (Å²) in [7, 11) is 0. The molecule has 4 nitrogen and oxygen atoms in total. The fourth-order valence-electron chi connectivity index (χ4n) is 0.971. The topological polar surface area (TPSA) is 58.9 Å². The maximum absolute atomic E-state index is 9.33. The third-order valence-corrected chi connectivity index (χ3v) is 1.89. The molecule has 1 aliphatic rings. The fraction of sp³-hybridized carbons (Fsp3) is 1.00. The molecule has 0 aliphatic carbocycles. The maximum Gasteiger partial charge on any atom is 0.215 e. The second kappa shape index (κ2) is 2.71. The summed E-state index contributed by atoms with van der Waals surface area (Å²) in [5.74, 6) is -1.58. The van der Waals surface area contributed by atoms with Gasteiger partial charge in [-0.25, -0.2) is 0 Å². The molecule has 66 valence electrons. The van der Waals surface area contributed by atoms with Gasteiger partial charge < -0.3 is 19.7 Å². The van der Waals surface area contributed by atoms with Gasteiger partial charge >= 0.3 is 0 Å². The van der Waals surface area contributed by atoms with Crippen molar-refractivity contribution in [2.45, 2.75) is 45.1 Å². The van der Waals surface area contributed by atoms with Crippen LogP contribution in [0.3, 0.4) is 0 Å². The van der Waals surface area contributed by atoms with Crippen molar-refractivity contribution in [1.82, 2.24) is 0 Å². The van der Waals surface area contributed by atoms with Crippen LogP contribution < -0.4 is 0 Å². The number of aliphatic hydroxyl groups is 2. The number of rotatable bonds is 0. The first-order valence-electron chi connectivity index (χ1n) is 3.67. The van der Waals surface area contributed by atoms with Crippen LogP contribution in [0.1, 0.15) is 20.8 Å². The minimum absolute atomic E-state index is 0.190. The van der Waals surface area contributed by atoms with Gasteiger partial charge in [0.05, 0.1) is 12.2 Å². The molecule has 4 heteroatoms. The predicted octanol–water partition coefficient (Wildman–Crippen LogP) is -0.163. The molecular weight excluding hydrogens is 148 g/mol. The van der Waals surface area contributed by atoms with Crippen molar-refractivity contribution < 1.29 is 19.7 Å². The smallest absolute Gasteiger partial charge is 0.215 e. The molecule has 0 aromatic rings. The molecule has 1 rings (SSSR count). The molecule has 0 unspecified atom stereocenters. The second-order valence-corrected chi connectivity index (χ2v) is 3.07. The Bertz CT molecular complexity index is 145. The normalized spacial score (nSPS) is 52.6. The number of hydrogen-bond donors (Lipinski definition) is 2. The Hall–Kier alpha value is -0.160. The summed E-state index contributed by atoms with van der Waals surface area (Å²) >= 11 is 0. The van der Waals surface area contributed by atoms with Gasteiger partial charge in [-0.15, -0.1) is 0 Å². The molecule has 0 aromatic heterocycles. The summed E-state index contributed by atoms with van der Waals surface area (Å²) in [5.41, 5.74) is 0. The van der Waals surface area contributed by atoms with Crippen molar-refractivity contribution in [3.63, 3.8) is 0 Å². The van der Waals surface area contributed by atoms with Crippen LogP contribution in [0.15, 0.2) is 0 Å². The quantitative estimate of drug-likeness (QED) is 0.519. The summed E-state index contributed by atoms with van der Waals surface area (Å²) in [6.07, 6.45) is -1.65. The number of ether oxygens (including phenoxy) is 2. The highest BCUT2D eigenvalue weighted by molar-refractivity contribution is 4.76. The van der Waals surface area contributed by atoms with Crippen molar-refractivity contribution in [3.8, 4) is 0 Å². The Morgan fingerprint density at radius 3 is 2.27 bits per heavy atom. The molecule has 0 aromatic carbocycles. The Balaban J connectivity index is 2.63. The lowest BCUT2D eigenvalue weighted by Crippen LogP contribution is -2.54. The zero-order chi connectivity index (χ0) is 8.65. The average Bonchev–Trinajstić information content (AvgIpc) is 1.83. The lowest BCUT2D eigenvalue weighted by atomic mass is 10.2. The third kappa shape index (κ3) is 1.70. The monoisotopic (exact) mass is 162 g/mol. The molecule has 11 heavy (non-hydrogen) atoms. The molecule has 1 fully saturated rings. The first-order valence-corrected chi connectivity index (χ1v) is 3.67. The highest BCUT2D eigenvalue weighted by Crippen LogP contribution is 2.25. The molecule has 0 amide bonds. The minimum Gasteiger partial charge on any atom is -0.364 e. The van der Waals surface area contributed by atoms with Crippen molar-refractivity contribution >= 4 is 0 Å². The second-order valence-electron chi connectivity index (χ2n) is 3.07. The summed E-state index contributed by atoms with van der Waals surface area (Å²) in [4.78, 5) is 0. The SMILES string of the molecule is C[C@@H]1O[C@H](O)[C@](C)(O)O[C@H]1C. The molecule has 0 saturated carbocycles. The van der Waals surface area contributed by atoms with Gasteiger partial charge in [-0.05, 0) is 20.8 Å². The summed E-state index contributed by atoms with van der Waals surface area (Å²) in [6.45, 7) is 4.94. The van der Waals surface area contributed by atoms with Gasteiger partial charge in [0.25, 0.3) is 0 Å². The third-order valence-electron chi connectivity index (χ3n) is 1.89. The van der Waals surface area contributed by atoms with Crippen molar-refractivity contribution in [2.75, 3.05) is 0 Å². The van der Waals surface area contributed by atoms with Gasteiger partial charge in [-0.1, -0.05) is 0 Å². The number of aliphatic hydroxyl groups excluding tert-OH is 1. The molecule has 1 aliphatic heterocycles. The first kappa shape index (κ1) is 8.93. The molecule has 0 spiro atoms. The van der Waals surface area contributed by atoms with Crippen molar-refractivity contribution in [3.05, 3.63) is 0 Å². The molecular formula is C7H14O4. The Morgan fingerprint density at radius 1 is 1.27 bits per heavy atom. The summed E-state index contributed by atoms with van der Waals surface area (Å²) in [6, 6.07) is 0. The summed E-state index contributed by atoms with van der Waals surface area (Å²) in [5, 5.41) is 18.5. The van der Waals surface area contributed by atoms with Crippen LogP contribution in [0, 0.1) is 0 Å².